The Morgan fingerprint density at radius 2 is 1.67 bits per heavy atom. The Balaban J connectivity index is 1.73. The van der Waals surface area contributed by atoms with Crippen molar-refractivity contribution in [2.24, 2.45) is 0 Å². The molecule has 0 saturated heterocycles. The summed E-state index contributed by atoms with van der Waals surface area (Å²) in [5, 5.41) is 9.01. The van der Waals surface area contributed by atoms with Gasteiger partial charge in [0.05, 0.1) is 12.7 Å². The van der Waals surface area contributed by atoms with E-state index in [9.17, 15) is 14.0 Å². The third kappa shape index (κ3) is 7.74. The highest BCUT2D eigenvalue weighted by atomic mass is 35.5. The van der Waals surface area contributed by atoms with Gasteiger partial charge < -0.3 is 25.4 Å². The molecule has 0 aliphatic heterocycles. The van der Waals surface area contributed by atoms with Gasteiger partial charge in [0.2, 0.25) is 5.83 Å². The molecule has 0 aromatic heterocycles. The molecule has 0 aliphatic rings. The molecular weight excluding hydrogens is 485 g/mol. The number of hydrogen-bond acceptors (Lipinski definition) is 6. The lowest BCUT2D eigenvalue weighted by atomic mass is 10.2. The monoisotopic (exact) mass is 511 g/mol. The van der Waals surface area contributed by atoms with Crippen molar-refractivity contribution >= 4 is 29.2 Å². The summed E-state index contributed by atoms with van der Waals surface area (Å²) in [6.07, 6.45) is 0.685. The second kappa shape index (κ2) is 13.2. The molecule has 0 aliphatic carbocycles. The molecular formula is C27H27ClFN3O4. The van der Waals surface area contributed by atoms with Crippen LogP contribution in [0, 0.1) is 0 Å². The standard InChI is InChI=1S/C27H27ClFN3O4/c1-3-15-30-26(33)24(29)25(31-17-18-7-9-20(28)10-8-18)32-21-11-13-22(14-12-21)36-23-6-4-5-19(16-23)27(34)35-2/h4-14,16,31-32H,3,15,17H2,1-2H3,(H,30,33)/b25-24-. The van der Waals surface area contributed by atoms with Crippen LogP contribution in [0.25, 0.3) is 0 Å². The summed E-state index contributed by atoms with van der Waals surface area (Å²) in [7, 11) is 1.31. The van der Waals surface area contributed by atoms with Gasteiger partial charge in [0.1, 0.15) is 17.3 Å². The summed E-state index contributed by atoms with van der Waals surface area (Å²) < 4.78 is 25.5. The second-order valence-electron chi connectivity index (χ2n) is 7.70. The van der Waals surface area contributed by atoms with Crippen molar-refractivity contribution in [1.29, 1.82) is 0 Å². The van der Waals surface area contributed by atoms with Gasteiger partial charge in [0.25, 0.3) is 5.91 Å². The largest absolute Gasteiger partial charge is 0.465 e. The zero-order chi connectivity index (χ0) is 25.9. The summed E-state index contributed by atoms with van der Waals surface area (Å²) in [6.45, 7) is 2.51. The van der Waals surface area contributed by atoms with E-state index in [1.54, 1.807) is 60.7 Å². The Labute approximate surface area is 214 Å². The third-order valence-corrected chi connectivity index (χ3v) is 5.20. The van der Waals surface area contributed by atoms with E-state index in [2.05, 4.69) is 16.0 Å². The van der Waals surface area contributed by atoms with E-state index < -0.39 is 17.7 Å². The number of hydrogen-bond donors (Lipinski definition) is 3. The highest BCUT2D eigenvalue weighted by molar-refractivity contribution is 6.30. The Hall–Kier alpha value is -4.04. The van der Waals surface area contributed by atoms with E-state index in [4.69, 9.17) is 21.1 Å². The molecule has 0 heterocycles. The predicted molar refractivity (Wildman–Crippen MR) is 138 cm³/mol. The van der Waals surface area contributed by atoms with Crippen molar-refractivity contribution in [2.45, 2.75) is 19.9 Å². The lowest BCUT2D eigenvalue weighted by Gasteiger charge is -2.16. The summed E-state index contributed by atoms with van der Waals surface area (Å²) in [6, 6.07) is 20.4. The van der Waals surface area contributed by atoms with E-state index >= 15 is 0 Å². The lowest BCUT2D eigenvalue weighted by Crippen LogP contribution is -2.29. The van der Waals surface area contributed by atoms with Crippen LogP contribution in [0.1, 0.15) is 29.3 Å². The van der Waals surface area contributed by atoms with Crippen LogP contribution in [0.2, 0.25) is 5.02 Å². The molecule has 0 saturated carbocycles. The number of methoxy groups -OCH3 is 1. The van der Waals surface area contributed by atoms with Crippen LogP contribution in [-0.2, 0) is 16.1 Å². The molecule has 1 amide bonds. The van der Waals surface area contributed by atoms with Gasteiger partial charge in [-0.15, -0.1) is 0 Å². The molecule has 9 heteroatoms. The number of rotatable bonds is 11. The highest BCUT2D eigenvalue weighted by Crippen LogP contribution is 2.25. The normalized spacial score (nSPS) is 11.2. The van der Waals surface area contributed by atoms with Crippen molar-refractivity contribution in [3.8, 4) is 11.5 Å². The van der Waals surface area contributed by atoms with Gasteiger partial charge in [-0.25, -0.2) is 4.79 Å². The zero-order valence-corrected chi connectivity index (χ0v) is 20.7. The molecule has 36 heavy (non-hydrogen) atoms. The van der Waals surface area contributed by atoms with Gasteiger partial charge in [0.15, 0.2) is 0 Å². The summed E-state index contributed by atoms with van der Waals surface area (Å²) in [4.78, 5) is 24.0. The molecule has 0 atom stereocenters. The van der Waals surface area contributed by atoms with E-state index in [0.717, 1.165) is 5.56 Å². The molecule has 7 nitrogen and oxygen atoms in total. The highest BCUT2D eigenvalue weighted by Gasteiger charge is 2.16. The van der Waals surface area contributed by atoms with Crippen LogP contribution in [0.4, 0.5) is 10.1 Å². The topological polar surface area (TPSA) is 88.7 Å². The maximum absolute atomic E-state index is 15.0. The fourth-order valence-electron chi connectivity index (χ4n) is 3.09. The minimum absolute atomic E-state index is 0.0713. The van der Waals surface area contributed by atoms with E-state index in [1.165, 1.54) is 7.11 Å². The van der Waals surface area contributed by atoms with Gasteiger partial charge in [-0.1, -0.05) is 36.7 Å². The first-order valence-corrected chi connectivity index (χ1v) is 11.7. The van der Waals surface area contributed by atoms with Crippen molar-refractivity contribution in [2.75, 3.05) is 19.0 Å². The predicted octanol–water partition coefficient (Wildman–Crippen LogP) is 5.79. The second-order valence-corrected chi connectivity index (χ2v) is 8.13. The molecule has 0 spiro atoms. The number of benzene rings is 3. The number of halogens is 2. The van der Waals surface area contributed by atoms with Crippen LogP contribution in [0.3, 0.4) is 0 Å². The van der Waals surface area contributed by atoms with Gasteiger partial charge in [-0.2, -0.15) is 4.39 Å². The van der Waals surface area contributed by atoms with Crippen LogP contribution in [0.15, 0.2) is 84.4 Å². The SMILES string of the molecule is CCCNC(=O)/C(F)=C(\NCc1ccc(Cl)cc1)Nc1ccc(Oc2cccc(C(=O)OC)c2)cc1. The molecule has 0 unspecified atom stereocenters. The molecule has 3 rings (SSSR count). The quantitative estimate of drug-likeness (QED) is 0.223. The average molecular weight is 512 g/mol. The zero-order valence-electron chi connectivity index (χ0n) is 19.9. The van der Waals surface area contributed by atoms with Gasteiger partial charge in [-0.05, 0) is 66.6 Å². The number of amides is 1. The molecule has 0 bridgehead atoms. The molecule has 188 valence electrons. The third-order valence-electron chi connectivity index (χ3n) is 4.95. The fourth-order valence-corrected chi connectivity index (χ4v) is 3.22. The van der Waals surface area contributed by atoms with Crippen LogP contribution >= 0.6 is 11.6 Å². The van der Waals surface area contributed by atoms with Crippen molar-refractivity contribution in [3.05, 3.63) is 101 Å². The Morgan fingerprint density at radius 3 is 2.33 bits per heavy atom. The molecule has 3 N–H and O–H groups in total. The van der Waals surface area contributed by atoms with Gasteiger partial charge in [-0.3, -0.25) is 4.79 Å². The first-order chi connectivity index (χ1) is 17.4. The van der Waals surface area contributed by atoms with Crippen LogP contribution < -0.4 is 20.7 Å². The van der Waals surface area contributed by atoms with Crippen molar-refractivity contribution in [1.82, 2.24) is 10.6 Å². The van der Waals surface area contributed by atoms with Crippen molar-refractivity contribution in [3.63, 3.8) is 0 Å². The number of carbonyl (C=O) groups is 2. The lowest BCUT2D eigenvalue weighted by molar-refractivity contribution is -0.119. The fraction of sp³-hybridized carbons (Fsp3) is 0.185. The summed E-state index contributed by atoms with van der Waals surface area (Å²) >= 11 is 5.93. The van der Waals surface area contributed by atoms with E-state index in [0.29, 0.717) is 40.7 Å². The minimum atomic E-state index is -0.961. The molecule has 0 radical (unpaired) electrons. The molecule has 3 aromatic rings. The Bertz CT molecular complexity index is 1210. The Morgan fingerprint density at radius 1 is 0.944 bits per heavy atom. The van der Waals surface area contributed by atoms with Gasteiger partial charge in [0, 0.05) is 23.8 Å². The maximum atomic E-state index is 15.0. The van der Waals surface area contributed by atoms with Gasteiger partial charge >= 0.3 is 5.97 Å². The molecule has 0 fully saturated rings. The maximum Gasteiger partial charge on any atom is 0.337 e. The number of anilines is 1. The van der Waals surface area contributed by atoms with Crippen LogP contribution in [-0.4, -0.2) is 25.5 Å². The number of nitrogens with one attached hydrogen (secondary N) is 3. The minimum Gasteiger partial charge on any atom is -0.465 e. The first kappa shape index (κ1) is 26.6. The number of ether oxygens (including phenoxy) is 2. The first-order valence-electron chi connectivity index (χ1n) is 11.3. The summed E-state index contributed by atoms with van der Waals surface area (Å²) in [5.74, 6) is -1.34. The summed E-state index contributed by atoms with van der Waals surface area (Å²) in [5.41, 5.74) is 1.76. The molecule has 3 aromatic carbocycles. The number of esters is 1. The smallest absolute Gasteiger partial charge is 0.337 e. The van der Waals surface area contributed by atoms with E-state index in [1.807, 2.05) is 19.1 Å². The Kier molecular flexibility index (Phi) is 9.71. The average Bonchev–Trinajstić information content (AvgIpc) is 2.90. The van der Waals surface area contributed by atoms with Crippen molar-refractivity contribution < 1.29 is 23.5 Å². The van der Waals surface area contributed by atoms with Crippen LogP contribution in [0.5, 0.6) is 11.5 Å². The number of carbonyl (C=O) groups excluding carboxylic acids is 2. The van der Waals surface area contributed by atoms with E-state index in [-0.39, 0.29) is 12.4 Å².